The van der Waals surface area contributed by atoms with Crippen LogP contribution in [0.25, 0.3) is 22.3 Å². The third kappa shape index (κ3) is 4.19. The molecule has 2 saturated heterocycles. The molecule has 2 aliphatic rings. The fraction of sp³-hybridized carbons (Fsp3) is 0.364. The highest BCUT2D eigenvalue weighted by molar-refractivity contribution is 5.93. The molecule has 4 heterocycles. The predicted octanol–water partition coefficient (Wildman–Crippen LogP) is 2.13. The minimum Gasteiger partial charge on any atom is -0.470 e. The lowest BCUT2D eigenvalue weighted by Gasteiger charge is -2.14. The Hall–Kier alpha value is -3.37. The van der Waals surface area contributed by atoms with Crippen LogP contribution >= 0.6 is 0 Å². The van der Waals surface area contributed by atoms with Crippen molar-refractivity contribution in [2.24, 2.45) is 5.92 Å². The van der Waals surface area contributed by atoms with Gasteiger partial charge < -0.3 is 25.8 Å². The maximum atomic E-state index is 14.8. The second-order valence-corrected chi connectivity index (χ2v) is 7.93. The van der Waals surface area contributed by atoms with Gasteiger partial charge in [0, 0.05) is 18.5 Å². The summed E-state index contributed by atoms with van der Waals surface area (Å²) in [5, 5.41) is 5.81. The number of aromatic nitrogens is 3. The number of pyridine rings is 1. The summed E-state index contributed by atoms with van der Waals surface area (Å²) < 4.78 is 26.1. The molecule has 166 valence electrons. The number of nitrogens with zero attached hydrogens (tertiary/aromatic N) is 3. The van der Waals surface area contributed by atoms with E-state index in [0.29, 0.717) is 42.0 Å². The highest BCUT2D eigenvalue weighted by Crippen LogP contribution is 2.29. The van der Waals surface area contributed by atoms with Gasteiger partial charge in [0.25, 0.3) is 0 Å². The smallest absolute Gasteiger partial charge is 0.245 e. The van der Waals surface area contributed by atoms with Crippen molar-refractivity contribution in [3.05, 3.63) is 36.1 Å². The lowest BCUT2D eigenvalue weighted by molar-refractivity contribution is -0.119. The maximum absolute atomic E-state index is 14.8. The Bertz CT molecular complexity index is 1160. The predicted molar refractivity (Wildman–Crippen MR) is 117 cm³/mol. The number of rotatable bonds is 5. The van der Waals surface area contributed by atoms with E-state index in [1.807, 2.05) is 0 Å². The maximum Gasteiger partial charge on any atom is 0.245 e. The molecule has 0 bridgehead atoms. The second kappa shape index (κ2) is 8.64. The molecule has 0 radical (unpaired) electrons. The van der Waals surface area contributed by atoms with Crippen LogP contribution in [0.1, 0.15) is 12.8 Å². The van der Waals surface area contributed by atoms with E-state index in [4.69, 9.17) is 15.2 Å². The average molecular weight is 438 g/mol. The van der Waals surface area contributed by atoms with Gasteiger partial charge in [0.05, 0.1) is 36.0 Å². The summed E-state index contributed by atoms with van der Waals surface area (Å²) >= 11 is 0. The number of ether oxygens (including phenoxy) is 2. The molecule has 0 spiro atoms. The zero-order chi connectivity index (χ0) is 22.1. The average Bonchev–Trinajstić information content (AvgIpc) is 3.49. The van der Waals surface area contributed by atoms with E-state index in [1.54, 1.807) is 24.3 Å². The first-order valence-corrected chi connectivity index (χ1v) is 10.6. The van der Waals surface area contributed by atoms with Crippen LogP contribution in [0.5, 0.6) is 5.88 Å². The highest BCUT2D eigenvalue weighted by Gasteiger charge is 2.24. The van der Waals surface area contributed by atoms with Crippen LogP contribution in [0.2, 0.25) is 0 Å². The lowest BCUT2D eigenvalue weighted by Crippen LogP contribution is -2.25. The van der Waals surface area contributed by atoms with E-state index < -0.39 is 5.82 Å². The zero-order valence-electron chi connectivity index (χ0n) is 17.3. The number of nitrogen functional groups attached to an aromatic ring is 1. The number of amides is 1. The van der Waals surface area contributed by atoms with Crippen molar-refractivity contribution in [3.8, 4) is 17.1 Å². The summed E-state index contributed by atoms with van der Waals surface area (Å²) in [7, 11) is 0. The fourth-order valence-electron chi connectivity index (χ4n) is 3.90. The first-order chi connectivity index (χ1) is 15.6. The number of carbonyl (C=O) groups excluding carboxylic acids is 1. The molecule has 4 N–H and O–H groups in total. The Balaban J connectivity index is 1.43. The summed E-state index contributed by atoms with van der Waals surface area (Å²) in [6.07, 6.45) is 1.37. The van der Waals surface area contributed by atoms with Crippen molar-refractivity contribution < 1.29 is 18.7 Å². The van der Waals surface area contributed by atoms with Crippen LogP contribution in [-0.2, 0) is 9.53 Å². The van der Waals surface area contributed by atoms with Gasteiger partial charge in [0.15, 0.2) is 5.52 Å². The number of hydrogen-bond acceptors (Lipinski definition) is 8. The number of halogens is 1. The molecule has 32 heavy (non-hydrogen) atoms. The van der Waals surface area contributed by atoms with Crippen molar-refractivity contribution in [3.63, 3.8) is 0 Å². The van der Waals surface area contributed by atoms with Crippen LogP contribution in [0.3, 0.4) is 0 Å². The number of fused-ring (bicyclic) bond motifs is 1. The minimum atomic E-state index is -0.531. The third-order valence-corrected chi connectivity index (χ3v) is 5.65. The van der Waals surface area contributed by atoms with Gasteiger partial charge in [-0.2, -0.15) is 4.98 Å². The van der Waals surface area contributed by atoms with E-state index >= 15 is 0 Å². The van der Waals surface area contributed by atoms with Gasteiger partial charge in [-0.25, -0.2) is 14.4 Å². The summed E-state index contributed by atoms with van der Waals surface area (Å²) in [5.41, 5.74) is 8.01. The van der Waals surface area contributed by atoms with Crippen LogP contribution < -0.4 is 21.1 Å². The van der Waals surface area contributed by atoms with Gasteiger partial charge in [0.2, 0.25) is 17.7 Å². The highest BCUT2D eigenvalue weighted by atomic mass is 19.1. The summed E-state index contributed by atoms with van der Waals surface area (Å²) in [6, 6.07) is 8.08. The molecule has 9 nitrogen and oxygen atoms in total. The summed E-state index contributed by atoms with van der Waals surface area (Å²) in [6.45, 7) is 2.50. The number of benzene rings is 1. The molecule has 10 heteroatoms. The minimum absolute atomic E-state index is 0.0876. The van der Waals surface area contributed by atoms with Crippen LogP contribution in [-0.4, -0.2) is 53.3 Å². The fourth-order valence-corrected chi connectivity index (χ4v) is 3.90. The molecule has 2 fully saturated rings. The quantitative estimate of drug-likeness (QED) is 0.553. The number of anilines is 2. The Labute approximate surface area is 183 Å². The first kappa shape index (κ1) is 20.5. The van der Waals surface area contributed by atoms with Crippen molar-refractivity contribution in [1.82, 2.24) is 20.3 Å². The summed E-state index contributed by atoms with van der Waals surface area (Å²) in [4.78, 5) is 25.3. The van der Waals surface area contributed by atoms with Gasteiger partial charge >= 0.3 is 0 Å². The standard InChI is InChI=1S/C22H23FN6O3/c23-15-9-12(1-2-17(15)27-20(30)13-5-7-25-10-13)16-3-4-18-19(26-16)21(29-22(24)28-18)32-14-6-8-31-11-14/h1-4,9,13-14,25H,5-8,10-11H2,(H,27,30)(H2,24,28,29). The Morgan fingerprint density at radius 3 is 2.88 bits per heavy atom. The van der Waals surface area contributed by atoms with Gasteiger partial charge in [-0.3, -0.25) is 4.79 Å². The summed E-state index contributed by atoms with van der Waals surface area (Å²) in [5.74, 6) is -0.494. The SMILES string of the molecule is Nc1nc(OC2CCOC2)c2nc(-c3ccc(NC(=O)C4CCNC4)c(F)c3)ccc2n1. The van der Waals surface area contributed by atoms with Crippen molar-refractivity contribution in [2.75, 3.05) is 37.4 Å². The van der Waals surface area contributed by atoms with Gasteiger partial charge in [-0.05, 0) is 37.2 Å². The van der Waals surface area contributed by atoms with E-state index in [0.717, 1.165) is 19.4 Å². The van der Waals surface area contributed by atoms with Crippen LogP contribution in [0.15, 0.2) is 30.3 Å². The number of nitrogens with two attached hydrogens (primary N) is 1. The topological polar surface area (TPSA) is 124 Å². The molecule has 0 saturated carbocycles. The Morgan fingerprint density at radius 2 is 2.12 bits per heavy atom. The van der Waals surface area contributed by atoms with Crippen molar-refractivity contribution in [1.29, 1.82) is 0 Å². The lowest BCUT2D eigenvalue weighted by atomic mass is 10.1. The molecule has 2 aromatic heterocycles. The molecule has 3 aromatic rings. The van der Waals surface area contributed by atoms with E-state index in [9.17, 15) is 9.18 Å². The zero-order valence-corrected chi connectivity index (χ0v) is 17.3. The third-order valence-electron chi connectivity index (χ3n) is 5.65. The molecule has 5 rings (SSSR count). The molecule has 1 aromatic carbocycles. The molecular weight excluding hydrogens is 415 g/mol. The van der Waals surface area contributed by atoms with Crippen LogP contribution in [0, 0.1) is 11.7 Å². The van der Waals surface area contributed by atoms with Gasteiger partial charge in [-0.15, -0.1) is 0 Å². The van der Waals surface area contributed by atoms with Crippen molar-refractivity contribution in [2.45, 2.75) is 18.9 Å². The molecule has 1 amide bonds. The Kier molecular flexibility index (Phi) is 5.54. The number of carbonyl (C=O) groups is 1. The van der Waals surface area contributed by atoms with Gasteiger partial charge in [0.1, 0.15) is 11.9 Å². The van der Waals surface area contributed by atoms with E-state index in [2.05, 4.69) is 25.6 Å². The first-order valence-electron chi connectivity index (χ1n) is 10.6. The molecular formula is C22H23FN6O3. The second-order valence-electron chi connectivity index (χ2n) is 7.93. The molecule has 2 atom stereocenters. The van der Waals surface area contributed by atoms with E-state index in [1.165, 1.54) is 6.07 Å². The molecule has 0 aliphatic carbocycles. The largest absolute Gasteiger partial charge is 0.470 e. The molecule has 2 aliphatic heterocycles. The number of hydrogen-bond donors (Lipinski definition) is 3. The van der Waals surface area contributed by atoms with E-state index in [-0.39, 0.29) is 35.4 Å². The monoisotopic (exact) mass is 438 g/mol. The normalized spacial score (nSPS) is 20.5. The molecule has 2 unspecified atom stereocenters. The number of nitrogens with one attached hydrogen (secondary N) is 2. The van der Waals surface area contributed by atoms with Crippen LogP contribution in [0.4, 0.5) is 16.0 Å². The Morgan fingerprint density at radius 1 is 1.22 bits per heavy atom. The van der Waals surface area contributed by atoms with Gasteiger partial charge in [-0.1, -0.05) is 6.07 Å². The van der Waals surface area contributed by atoms with Crippen molar-refractivity contribution >= 4 is 28.6 Å².